The van der Waals surface area contributed by atoms with Crippen LogP contribution >= 0.6 is 0 Å². The minimum Gasteiger partial charge on any atom is -0.370 e. The van der Waals surface area contributed by atoms with Crippen molar-refractivity contribution in [2.45, 2.75) is 51.3 Å². The zero-order valence-corrected chi connectivity index (χ0v) is 13.2. The van der Waals surface area contributed by atoms with Gasteiger partial charge in [-0.1, -0.05) is 6.92 Å². The van der Waals surface area contributed by atoms with E-state index in [0.717, 1.165) is 49.5 Å². The van der Waals surface area contributed by atoms with Crippen molar-refractivity contribution in [2.75, 3.05) is 19.7 Å². The van der Waals surface area contributed by atoms with Gasteiger partial charge in [-0.25, -0.2) is 9.97 Å². The van der Waals surface area contributed by atoms with Crippen molar-refractivity contribution < 1.29 is 4.74 Å². The number of likely N-dealkylation sites (tertiary alicyclic amines) is 1. The Bertz CT molecular complexity index is 647. The molecule has 2 aromatic heterocycles. The van der Waals surface area contributed by atoms with Crippen LogP contribution in [0.15, 0.2) is 18.3 Å². The van der Waals surface area contributed by atoms with Crippen LogP contribution in [0.2, 0.25) is 0 Å². The number of hydrogen-bond acceptors (Lipinski definition) is 4. The molecule has 0 amide bonds. The summed E-state index contributed by atoms with van der Waals surface area (Å²) in [7, 11) is 0. The second-order valence-electron chi connectivity index (χ2n) is 6.35. The maximum absolute atomic E-state index is 5.90. The van der Waals surface area contributed by atoms with Gasteiger partial charge in [0.05, 0.1) is 0 Å². The van der Waals surface area contributed by atoms with Gasteiger partial charge in [0.25, 0.3) is 0 Å². The largest absolute Gasteiger partial charge is 0.370 e. The van der Waals surface area contributed by atoms with Crippen molar-refractivity contribution in [3.63, 3.8) is 0 Å². The third-order valence-electron chi connectivity index (χ3n) is 5.05. The third kappa shape index (κ3) is 2.42. The summed E-state index contributed by atoms with van der Waals surface area (Å²) < 4.78 is 8.23. The van der Waals surface area contributed by atoms with Crippen molar-refractivity contribution >= 4 is 11.2 Å². The lowest BCUT2D eigenvalue weighted by Gasteiger charge is -2.24. The first kappa shape index (κ1) is 14.2. The average Bonchev–Trinajstić information content (AvgIpc) is 3.27. The number of hydrogen-bond donors (Lipinski definition) is 0. The molecular weight excluding hydrogens is 276 g/mol. The van der Waals surface area contributed by atoms with Crippen LogP contribution in [0.25, 0.3) is 11.2 Å². The topological polar surface area (TPSA) is 43.2 Å². The van der Waals surface area contributed by atoms with Gasteiger partial charge in [-0.3, -0.25) is 4.90 Å². The highest BCUT2D eigenvalue weighted by atomic mass is 16.5. The molecule has 0 N–H and O–H groups in total. The average molecular weight is 300 g/mol. The number of likely N-dealkylation sites (N-methyl/N-ethyl adjacent to an activating group) is 1. The lowest BCUT2D eigenvalue weighted by Crippen LogP contribution is -2.33. The highest BCUT2D eigenvalue weighted by Crippen LogP contribution is 2.31. The molecule has 0 bridgehead atoms. The van der Waals surface area contributed by atoms with Crippen LogP contribution in [0.4, 0.5) is 0 Å². The molecule has 0 spiro atoms. The van der Waals surface area contributed by atoms with E-state index in [9.17, 15) is 0 Å². The number of pyridine rings is 1. The Morgan fingerprint density at radius 1 is 1.32 bits per heavy atom. The van der Waals surface area contributed by atoms with E-state index in [1.807, 2.05) is 12.3 Å². The number of nitrogens with zero attached hydrogens (tertiary/aromatic N) is 4. The molecule has 4 rings (SSSR count). The quantitative estimate of drug-likeness (QED) is 0.871. The Morgan fingerprint density at radius 2 is 2.27 bits per heavy atom. The van der Waals surface area contributed by atoms with Crippen molar-refractivity contribution in [1.29, 1.82) is 0 Å². The summed E-state index contributed by atoms with van der Waals surface area (Å²) in [5, 5.41) is 0. The number of ether oxygens (including phenoxy) is 1. The van der Waals surface area contributed by atoms with Gasteiger partial charge in [-0.05, 0) is 50.9 Å². The highest BCUT2D eigenvalue weighted by molar-refractivity contribution is 5.71. The lowest BCUT2D eigenvalue weighted by atomic mass is 10.2. The molecule has 0 aromatic carbocycles. The van der Waals surface area contributed by atoms with Crippen LogP contribution in [-0.2, 0) is 11.3 Å². The molecule has 2 aliphatic rings. The van der Waals surface area contributed by atoms with Crippen LogP contribution in [0, 0.1) is 0 Å². The zero-order chi connectivity index (χ0) is 14.9. The van der Waals surface area contributed by atoms with Crippen LogP contribution in [0.3, 0.4) is 0 Å². The number of aromatic nitrogens is 3. The van der Waals surface area contributed by atoms with Crippen molar-refractivity contribution in [1.82, 2.24) is 19.4 Å². The van der Waals surface area contributed by atoms with E-state index in [1.165, 1.54) is 19.4 Å². The summed E-state index contributed by atoms with van der Waals surface area (Å²) in [6.07, 6.45) is 6.79. The van der Waals surface area contributed by atoms with Gasteiger partial charge in [0.2, 0.25) is 0 Å². The van der Waals surface area contributed by atoms with Crippen LogP contribution in [0.1, 0.15) is 44.5 Å². The van der Waals surface area contributed by atoms with E-state index in [1.54, 1.807) is 0 Å². The van der Waals surface area contributed by atoms with E-state index >= 15 is 0 Å². The van der Waals surface area contributed by atoms with Crippen molar-refractivity contribution in [3.8, 4) is 0 Å². The molecular formula is C17H24N4O. The molecule has 2 aliphatic heterocycles. The Kier molecular flexibility index (Phi) is 3.84. The third-order valence-corrected chi connectivity index (χ3v) is 5.05. The highest BCUT2D eigenvalue weighted by Gasteiger charge is 2.29. The molecule has 5 nitrogen and oxygen atoms in total. The first-order valence-corrected chi connectivity index (χ1v) is 8.53. The van der Waals surface area contributed by atoms with Crippen LogP contribution in [-0.4, -0.2) is 45.2 Å². The van der Waals surface area contributed by atoms with Gasteiger partial charge in [-0.2, -0.15) is 0 Å². The SMILES string of the molecule is CCN1CCCC1Cn1c(C2CCCO2)nc2cccnc21. The second-order valence-corrected chi connectivity index (χ2v) is 6.35. The molecule has 5 heteroatoms. The summed E-state index contributed by atoms with van der Waals surface area (Å²) >= 11 is 0. The van der Waals surface area contributed by atoms with Gasteiger partial charge in [-0.15, -0.1) is 0 Å². The molecule has 2 atom stereocenters. The summed E-state index contributed by atoms with van der Waals surface area (Å²) in [6, 6.07) is 4.63. The zero-order valence-electron chi connectivity index (χ0n) is 13.2. The van der Waals surface area contributed by atoms with Gasteiger partial charge in [0.15, 0.2) is 5.65 Å². The Hall–Kier alpha value is -1.46. The first-order valence-electron chi connectivity index (χ1n) is 8.53. The molecule has 2 unspecified atom stereocenters. The molecule has 0 aliphatic carbocycles. The van der Waals surface area contributed by atoms with Crippen LogP contribution < -0.4 is 0 Å². The molecule has 0 radical (unpaired) electrons. The second kappa shape index (κ2) is 5.97. The minimum absolute atomic E-state index is 0.144. The smallest absolute Gasteiger partial charge is 0.160 e. The monoisotopic (exact) mass is 300 g/mol. The summed E-state index contributed by atoms with van der Waals surface area (Å²) in [5.74, 6) is 1.08. The minimum atomic E-state index is 0.144. The molecule has 118 valence electrons. The molecule has 2 fully saturated rings. The molecule has 2 aromatic rings. The summed E-state index contributed by atoms with van der Waals surface area (Å²) in [6.45, 7) is 6.43. The van der Waals surface area contributed by atoms with E-state index in [4.69, 9.17) is 9.72 Å². The Morgan fingerprint density at radius 3 is 3.09 bits per heavy atom. The van der Waals surface area contributed by atoms with Gasteiger partial charge in [0, 0.05) is 25.4 Å². The van der Waals surface area contributed by atoms with E-state index in [0.29, 0.717) is 6.04 Å². The van der Waals surface area contributed by atoms with Crippen LogP contribution in [0.5, 0.6) is 0 Å². The first-order chi connectivity index (χ1) is 10.9. The fourth-order valence-corrected chi connectivity index (χ4v) is 3.91. The summed E-state index contributed by atoms with van der Waals surface area (Å²) in [4.78, 5) is 12.0. The normalized spacial score (nSPS) is 26.2. The maximum Gasteiger partial charge on any atom is 0.160 e. The van der Waals surface area contributed by atoms with Gasteiger partial charge >= 0.3 is 0 Å². The molecule has 22 heavy (non-hydrogen) atoms. The standard InChI is InChI=1S/C17H24N4O/c1-2-20-10-4-6-13(20)12-21-16-14(7-3-9-18-16)19-17(21)15-8-5-11-22-15/h3,7,9,13,15H,2,4-6,8,10-12H2,1H3. The molecule has 0 saturated carbocycles. The Labute approximate surface area is 131 Å². The fraction of sp³-hybridized carbons (Fsp3) is 0.647. The fourth-order valence-electron chi connectivity index (χ4n) is 3.91. The number of fused-ring (bicyclic) bond motifs is 1. The van der Waals surface area contributed by atoms with E-state index in [-0.39, 0.29) is 6.10 Å². The van der Waals surface area contributed by atoms with Crippen molar-refractivity contribution in [3.05, 3.63) is 24.2 Å². The number of imidazole rings is 1. The Balaban J connectivity index is 1.72. The predicted molar refractivity (Wildman–Crippen MR) is 85.7 cm³/mol. The molecule has 4 heterocycles. The van der Waals surface area contributed by atoms with E-state index < -0.39 is 0 Å². The predicted octanol–water partition coefficient (Wildman–Crippen LogP) is 2.77. The van der Waals surface area contributed by atoms with E-state index in [2.05, 4.69) is 27.4 Å². The summed E-state index contributed by atoms with van der Waals surface area (Å²) in [5.41, 5.74) is 2.00. The van der Waals surface area contributed by atoms with Crippen molar-refractivity contribution in [2.24, 2.45) is 0 Å². The van der Waals surface area contributed by atoms with Gasteiger partial charge < -0.3 is 9.30 Å². The molecule has 2 saturated heterocycles. The lowest BCUT2D eigenvalue weighted by molar-refractivity contribution is 0.101. The maximum atomic E-state index is 5.90. The van der Waals surface area contributed by atoms with Gasteiger partial charge in [0.1, 0.15) is 17.4 Å². The number of rotatable bonds is 4.